The average molecular weight is 530 g/mol. The maximum atomic E-state index is 12.0. The average Bonchev–Trinajstić information content (AvgIpc) is 3.39. The molecule has 0 saturated carbocycles. The second kappa shape index (κ2) is 10.5. The number of nitrogens with zero attached hydrogens (tertiary/aromatic N) is 5. The third kappa shape index (κ3) is 5.51. The van der Waals surface area contributed by atoms with Gasteiger partial charge in [-0.25, -0.2) is 24.8 Å². The van der Waals surface area contributed by atoms with Crippen molar-refractivity contribution in [1.29, 1.82) is 5.53 Å². The second-order valence-corrected chi connectivity index (χ2v) is 7.87. The number of hydrogen-bond donors (Lipinski definition) is 7. The lowest BCUT2D eigenvalue weighted by Crippen LogP contribution is -2.12. The quantitative estimate of drug-likeness (QED) is 0.155. The van der Waals surface area contributed by atoms with E-state index < -0.39 is 29.3 Å². The molecule has 0 spiro atoms. The summed E-state index contributed by atoms with van der Waals surface area (Å²) in [6.45, 7) is 0. The van der Waals surface area contributed by atoms with Gasteiger partial charge in [-0.2, -0.15) is 5.11 Å². The fourth-order valence-electron chi connectivity index (χ4n) is 3.40. The Kier molecular flexibility index (Phi) is 6.97. The van der Waals surface area contributed by atoms with E-state index in [1.54, 1.807) is 0 Å². The molecule has 0 aliphatic rings. The summed E-state index contributed by atoms with van der Waals surface area (Å²) >= 11 is 0. The van der Waals surface area contributed by atoms with E-state index in [-0.39, 0.29) is 45.2 Å². The second-order valence-electron chi connectivity index (χ2n) is 7.87. The number of pyridine rings is 1. The monoisotopic (exact) mass is 530 g/mol. The molecular weight excluding hydrogens is 512 g/mol. The highest BCUT2D eigenvalue weighted by Crippen LogP contribution is 2.26. The zero-order chi connectivity index (χ0) is 28.3. The van der Waals surface area contributed by atoms with E-state index in [9.17, 15) is 24.6 Å². The highest BCUT2D eigenvalue weighted by atomic mass is 16.4. The number of carbonyl (C=O) groups is 3. The van der Waals surface area contributed by atoms with E-state index in [0.717, 1.165) is 0 Å². The molecule has 0 saturated heterocycles. The highest BCUT2D eigenvalue weighted by Gasteiger charge is 2.16. The van der Waals surface area contributed by atoms with Crippen molar-refractivity contribution in [2.24, 2.45) is 10.8 Å². The first kappa shape index (κ1) is 26.0. The van der Waals surface area contributed by atoms with E-state index in [1.165, 1.54) is 65.6 Å². The van der Waals surface area contributed by atoms with Crippen LogP contribution >= 0.6 is 0 Å². The van der Waals surface area contributed by atoms with Crippen molar-refractivity contribution in [1.82, 2.24) is 20.0 Å². The lowest BCUT2D eigenvalue weighted by molar-refractivity contribution is 0.0682. The van der Waals surface area contributed by atoms with Gasteiger partial charge in [0.1, 0.15) is 34.0 Å². The summed E-state index contributed by atoms with van der Waals surface area (Å²) < 4.78 is 1.25. The molecule has 1 amide bonds. The Hall–Kier alpha value is -6.12. The van der Waals surface area contributed by atoms with Gasteiger partial charge in [0.2, 0.25) is 5.91 Å². The number of carboxylic acid groups (broad SMARTS) is 2. The van der Waals surface area contributed by atoms with Gasteiger partial charge in [-0.15, -0.1) is 5.10 Å². The highest BCUT2D eigenvalue weighted by molar-refractivity contribution is 5.95. The molecule has 196 valence electrons. The molecule has 4 rings (SSSR count). The first-order valence-electron chi connectivity index (χ1n) is 10.8. The van der Waals surface area contributed by atoms with Crippen LogP contribution in [-0.2, 0) is 0 Å². The first-order valence-corrected chi connectivity index (χ1v) is 10.8. The minimum atomic E-state index is -1.30. The third-order valence-corrected chi connectivity index (χ3v) is 5.33. The van der Waals surface area contributed by atoms with Gasteiger partial charge in [-0.1, -0.05) is 5.21 Å². The number of carboxylic acids is 2. The van der Waals surface area contributed by atoms with Crippen molar-refractivity contribution >= 4 is 29.2 Å². The number of aromatic carboxylic acids is 2. The minimum absolute atomic E-state index is 0.0195. The standard InChI is InChI=1S/C24H18N8O7/c25-22(35)11-5-16(18(29-26)9-27-12-1-3-14(23(36)37)20(33)7-12)28-17(6-11)19-10-32(31-30-19)13-2-4-15(24(38)39)21(34)8-13/h1-10,26-27,33-34H,(H2,25,35)(H,36,37)(H,38,39)/b18-9-,29-26?. The predicted molar refractivity (Wildman–Crippen MR) is 134 cm³/mol. The number of rotatable bonds is 9. The molecule has 0 bridgehead atoms. The molecule has 15 heteroatoms. The van der Waals surface area contributed by atoms with Crippen LogP contribution in [0, 0.1) is 5.53 Å². The topological polar surface area (TPSA) is 250 Å². The largest absolute Gasteiger partial charge is 0.507 e. The molecule has 2 heterocycles. The van der Waals surface area contributed by atoms with Gasteiger partial charge in [-0.3, -0.25) is 4.79 Å². The fraction of sp³-hybridized carbons (Fsp3) is 0. The van der Waals surface area contributed by atoms with E-state index in [0.29, 0.717) is 5.69 Å². The zero-order valence-corrected chi connectivity index (χ0v) is 19.6. The van der Waals surface area contributed by atoms with Crippen molar-refractivity contribution in [2.75, 3.05) is 5.32 Å². The molecule has 0 radical (unpaired) electrons. The van der Waals surface area contributed by atoms with Crippen molar-refractivity contribution in [3.8, 4) is 28.6 Å². The normalized spacial score (nSPS) is 11.1. The summed E-state index contributed by atoms with van der Waals surface area (Å²) in [6, 6.07) is 10.2. The lowest BCUT2D eigenvalue weighted by atomic mass is 10.1. The van der Waals surface area contributed by atoms with Gasteiger partial charge < -0.3 is 31.5 Å². The maximum absolute atomic E-state index is 12.0. The summed E-state index contributed by atoms with van der Waals surface area (Å²) in [5.74, 6) is -4.35. The number of benzene rings is 2. The number of hydrogen-bond acceptors (Lipinski definition) is 11. The van der Waals surface area contributed by atoms with Gasteiger partial charge in [-0.05, 0) is 36.4 Å². The first-order chi connectivity index (χ1) is 18.6. The number of aromatic nitrogens is 4. The number of anilines is 1. The van der Waals surface area contributed by atoms with Crippen LogP contribution in [0.1, 0.15) is 36.8 Å². The van der Waals surface area contributed by atoms with E-state index in [4.69, 9.17) is 21.5 Å². The molecule has 2 aromatic carbocycles. The zero-order valence-electron chi connectivity index (χ0n) is 19.6. The van der Waals surface area contributed by atoms with Gasteiger partial charge in [0.15, 0.2) is 0 Å². The number of amides is 1. The van der Waals surface area contributed by atoms with Crippen LogP contribution in [0.25, 0.3) is 22.8 Å². The van der Waals surface area contributed by atoms with Crippen LogP contribution in [0.5, 0.6) is 11.5 Å². The molecule has 15 nitrogen and oxygen atoms in total. The summed E-state index contributed by atoms with van der Waals surface area (Å²) in [7, 11) is 0. The van der Waals surface area contributed by atoms with Gasteiger partial charge in [0.05, 0.1) is 23.3 Å². The fourth-order valence-corrected chi connectivity index (χ4v) is 3.40. The van der Waals surface area contributed by atoms with E-state index in [1.807, 2.05) is 0 Å². The summed E-state index contributed by atoms with van der Waals surface area (Å²) in [5.41, 5.74) is 13.4. The van der Waals surface area contributed by atoms with Gasteiger partial charge in [0, 0.05) is 29.6 Å². The van der Waals surface area contributed by atoms with Crippen LogP contribution in [0.3, 0.4) is 0 Å². The minimum Gasteiger partial charge on any atom is -0.507 e. The van der Waals surface area contributed by atoms with Crippen LogP contribution in [0.2, 0.25) is 0 Å². The Balaban J connectivity index is 1.69. The van der Waals surface area contributed by atoms with Gasteiger partial charge in [0.25, 0.3) is 0 Å². The van der Waals surface area contributed by atoms with Crippen LogP contribution in [0.4, 0.5) is 5.69 Å². The molecule has 0 aliphatic carbocycles. The number of nitrogens with one attached hydrogen (secondary N) is 2. The van der Waals surface area contributed by atoms with Crippen molar-refractivity contribution in [3.05, 3.63) is 83.3 Å². The molecule has 2 aromatic heterocycles. The molecule has 8 N–H and O–H groups in total. The molecular formula is C24H18N8O7. The molecule has 0 atom stereocenters. The van der Waals surface area contributed by atoms with Crippen LogP contribution in [-0.4, -0.2) is 58.2 Å². The summed E-state index contributed by atoms with van der Waals surface area (Å²) in [5, 5.41) is 52.1. The summed E-state index contributed by atoms with van der Waals surface area (Å²) in [4.78, 5) is 38.6. The third-order valence-electron chi connectivity index (χ3n) is 5.33. The number of phenols is 2. The van der Waals surface area contributed by atoms with Gasteiger partial charge >= 0.3 is 11.9 Å². The Labute approximate surface area is 218 Å². The Morgan fingerprint density at radius 3 is 2.21 bits per heavy atom. The van der Waals surface area contributed by atoms with Crippen molar-refractivity contribution < 1.29 is 34.8 Å². The maximum Gasteiger partial charge on any atom is 0.339 e. The number of aromatic hydroxyl groups is 2. The molecule has 0 fully saturated rings. The Bertz CT molecular complexity index is 1680. The predicted octanol–water partition coefficient (Wildman–Crippen LogP) is 2.68. The number of nitrogens with two attached hydrogens (primary N) is 1. The van der Waals surface area contributed by atoms with Crippen LogP contribution in [0.15, 0.2) is 66.0 Å². The Morgan fingerprint density at radius 1 is 0.949 bits per heavy atom. The van der Waals surface area contributed by atoms with E-state index >= 15 is 0 Å². The molecule has 0 aliphatic heterocycles. The van der Waals surface area contributed by atoms with Crippen molar-refractivity contribution in [2.45, 2.75) is 0 Å². The van der Waals surface area contributed by atoms with Crippen LogP contribution < -0.4 is 11.1 Å². The summed E-state index contributed by atoms with van der Waals surface area (Å²) in [6.07, 6.45) is 2.67. The molecule has 39 heavy (non-hydrogen) atoms. The molecule has 0 unspecified atom stereocenters. The molecule has 4 aromatic rings. The van der Waals surface area contributed by atoms with Crippen molar-refractivity contribution in [3.63, 3.8) is 0 Å². The van der Waals surface area contributed by atoms with E-state index in [2.05, 4.69) is 25.7 Å². The SMILES string of the molecule is N=N/C(=C\Nc1ccc(C(=O)O)c(O)c1)c1cc(C(N)=O)cc(-c2cn(-c3ccc(C(=O)O)c(O)c3)nn2)n1. The smallest absolute Gasteiger partial charge is 0.339 e. The number of primary amides is 1. The lowest BCUT2D eigenvalue weighted by Gasteiger charge is -2.08. The number of carbonyl (C=O) groups excluding carboxylic acids is 1. The Morgan fingerprint density at radius 2 is 1.62 bits per heavy atom.